The van der Waals surface area contributed by atoms with Gasteiger partial charge in [-0.25, -0.2) is 9.97 Å². The van der Waals surface area contributed by atoms with E-state index in [0.29, 0.717) is 5.25 Å². The second kappa shape index (κ2) is 6.59. The number of imidazole rings is 1. The zero-order valence-electron chi connectivity index (χ0n) is 11.9. The minimum Gasteiger partial charge on any atom is -0.385 e. The highest BCUT2D eigenvalue weighted by Gasteiger charge is 2.23. The van der Waals surface area contributed by atoms with Gasteiger partial charge < -0.3 is 9.30 Å². The van der Waals surface area contributed by atoms with Gasteiger partial charge in [-0.15, -0.1) is 0 Å². The number of nitrogens with zero attached hydrogens (tertiary/aromatic N) is 3. The summed E-state index contributed by atoms with van der Waals surface area (Å²) in [5.41, 5.74) is 2.04. The lowest BCUT2D eigenvalue weighted by molar-refractivity contribution is 0.190. The summed E-state index contributed by atoms with van der Waals surface area (Å²) in [6.07, 6.45) is 6.74. The van der Waals surface area contributed by atoms with Gasteiger partial charge in [-0.1, -0.05) is 6.42 Å². The molecule has 1 unspecified atom stereocenters. The average molecular weight is 291 g/mol. The molecular weight excluding hydrogens is 270 g/mol. The molecule has 0 amide bonds. The summed E-state index contributed by atoms with van der Waals surface area (Å²) < 4.78 is 7.48. The molecule has 1 aliphatic heterocycles. The number of hydrogen-bond donors (Lipinski definition) is 0. The number of rotatable bonds is 5. The molecule has 1 aliphatic rings. The summed E-state index contributed by atoms with van der Waals surface area (Å²) in [5.74, 6) is 2.46. The number of thioether (sulfide) groups is 1. The molecule has 0 aromatic carbocycles. The van der Waals surface area contributed by atoms with Crippen LogP contribution in [-0.4, -0.2) is 34.0 Å². The van der Waals surface area contributed by atoms with Crippen molar-refractivity contribution in [2.75, 3.05) is 19.5 Å². The first-order valence-corrected chi connectivity index (χ1v) is 8.36. The molecule has 0 spiro atoms. The maximum absolute atomic E-state index is 5.18. The van der Waals surface area contributed by atoms with Crippen molar-refractivity contribution in [1.82, 2.24) is 14.5 Å². The molecule has 1 saturated heterocycles. The maximum atomic E-state index is 5.18. The van der Waals surface area contributed by atoms with E-state index in [2.05, 4.69) is 15.6 Å². The SMILES string of the molecule is COCCCn1c(C2CCCCS2)nc2cccnc21. The lowest BCUT2D eigenvalue weighted by atomic mass is 10.2. The summed E-state index contributed by atoms with van der Waals surface area (Å²) in [5, 5.41) is 0.528. The molecule has 0 bridgehead atoms. The highest BCUT2D eigenvalue weighted by molar-refractivity contribution is 7.99. The summed E-state index contributed by atoms with van der Waals surface area (Å²) in [6.45, 7) is 1.72. The van der Waals surface area contributed by atoms with Crippen LogP contribution >= 0.6 is 11.8 Å². The van der Waals surface area contributed by atoms with Crippen LogP contribution in [0.4, 0.5) is 0 Å². The average Bonchev–Trinajstić information content (AvgIpc) is 2.87. The fourth-order valence-corrected chi connectivity index (χ4v) is 4.07. The van der Waals surface area contributed by atoms with Gasteiger partial charge in [0.25, 0.3) is 0 Å². The Morgan fingerprint density at radius 2 is 2.40 bits per heavy atom. The van der Waals surface area contributed by atoms with Crippen LogP contribution in [0.3, 0.4) is 0 Å². The number of aryl methyl sites for hydroxylation is 1. The smallest absolute Gasteiger partial charge is 0.160 e. The van der Waals surface area contributed by atoms with E-state index < -0.39 is 0 Å². The molecule has 108 valence electrons. The Kier molecular flexibility index (Phi) is 4.58. The van der Waals surface area contributed by atoms with E-state index in [1.165, 1.54) is 30.8 Å². The maximum Gasteiger partial charge on any atom is 0.160 e. The number of fused-ring (bicyclic) bond motifs is 1. The highest BCUT2D eigenvalue weighted by atomic mass is 32.2. The van der Waals surface area contributed by atoms with E-state index in [9.17, 15) is 0 Å². The summed E-state index contributed by atoms with van der Waals surface area (Å²) >= 11 is 2.04. The number of ether oxygens (including phenoxy) is 1. The normalized spacial score (nSPS) is 19.6. The van der Waals surface area contributed by atoms with Crippen molar-refractivity contribution in [3.63, 3.8) is 0 Å². The minimum atomic E-state index is 0.528. The van der Waals surface area contributed by atoms with E-state index >= 15 is 0 Å². The molecule has 0 radical (unpaired) electrons. The van der Waals surface area contributed by atoms with Crippen LogP contribution in [0.2, 0.25) is 0 Å². The Morgan fingerprint density at radius 3 is 3.20 bits per heavy atom. The Morgan fingerprint density at radius 1 is 1.45 bits per heavy atom. The molecule has 20 heavy (non-hydrogen) atoms. The van der Waals surface area contributed by atoms with Crippen LogP contribution in [0.1, 0.15) is 36.8 Å². The second-order valence-corrected chi connectivity index (χ2v) is 6.48. The summed E-state index contributed by atoms with van der Waals surface area (Å²) in [6, 6.07) is 4.03. The van der Waals surface area contributed by atoms with Crippen molar-refractivity contribution >= 4 is 22.9 Å². The van der Waals surface area contributed by atoms with Crippen LogP contribution in [0, 0.1) is 0 Å². The van der Waals surface area contributed by atoms with Crippen LogP contribution in [0.5, 0.6) is 0 Å². The highest BCUT2D eigenvalue weighted by Crippen LogP contribution is 2.38. The fraction of sp³-hybridized carbons (Fsp3) is 0.600. The Balaban J connectivity index is 1.93. The molecule has 1 fully saturated rings. The van der Waals surface area contributed by atoms with Crippen molar-refractivity contribution in [2.45, 2.75) is 37.5 Å². The monoisotopic (exact) mass is 291 g/mol. The molecule has 2 aromatic rings. The minimum absolute atomic E-state index is 0.528. The molecule has 0 N–H and O–H groups in total. The number of methoxy groups -OCH3 is 1. The topological polar surface area (TPSA) is 39.9 Å². The van der Waals surface area contributed by atoms with Gasteiger partial charge in [0.05, 0.1) is 5.25 Å². The first-order chi connectivity index (χ1) is 9.90. The van der Waals surface area contributed by atoms with Crippen molar-refractivity contribution in [1.29, 1.82) is 0 Å². The largest absolute Gasteiger partial charge is 0.385 e. The molecule has 0 saturated carbocycles. The zero-order chi connectivity index (χ0) is 13.8. The molecule has 3 heterocycles. The van der Waals surface area contributed by atoms with Crippen molar-refractivity contribution < 1.29 is 4.74 Å². The number of aromatic nitrogens is 3. The Bertz CT molecular complexity index is 563. The van der Waals surface area contributed by atoms with Crippen molar-refractivity contribution in [3.8, 4) is 0 Å². The molecule has 4 nitrogen and oxygen atoms in total. The Hall–Kier alpha value is -1.07. The first kappa shape index (κ1) is 13.9. The molecule has 1 atom stereocenters. The predicted octanol–water partition coefficient (Wildman–Crippen LogP) is 3.43. The third kappa shape index (κ3) is 2.83. The van der Waals surface area contributed by atoms with Gasteiger partial charge in [-0.05, 0) is 37.1 Å². The molecule has 2 aromatic heterocycles. The van der Waals surface area contributed by atoms with Gasteiger partial charge in [0.2, 0.25) is 0 Å². The van der Waals surface area contributed by atoms with Crippen LogP contribution in [0.25, 0.3) is 11.2 Å². The van der Waals surface area contributed by atoms with Gasteiger partial charge in [0.1, 0.15) is 11.3 Å². The van der Waals surface area contributed by atoms with E-state index in [4.69, 9.17) is 9.72 Å². The zero-order valence-corrected chi connectivity index (χ0v) is 12.7. The van der Waals surface area contributed by atoms with Gasteiger partial charge in [0, 0.05) is 26.5 Å². The Labute approximate surface area is 123 Å². The van der Waals surface area contributed by atoms with Gasteiger partial charge in [-0.3, -0.25) is 0 Å². The second-order valence-electron chi connectivity index (χ2n) is 5.17. The lowest BCUT2D eigenvalue weighted by Gasteiger charge is -2.21. The van der Waals surface area contributed by atoms with Crippen molar-refractivity contribution in [3.05, 3.63) is 24.2 Å². The third-order valence-corrected chi connectivity index (χ3v) is 5.10. The number of pyridine rings is 1. The molecule has 5 heteroatoms. The van der Waals surface area contributed by atoms with E-state index in [1.807, 2.05) is 24.0 Å². The number of hydrogen-bond acceptors (Lipinski definition) is 4. The van der Waals surface area contributed by atoms with Gasteiger partial charge in [0.15, 0.2) is 5.65 Å². The molecular formula is C15H21N3OS. The lowest BCUT2D eigenvalue weighted by Crippen LogP contribution is -2.12. The quantitative estimate of drug-likeness (QED) is 0.791. The van der Waals surface area contributed by atoms with Gasteiger partial charge >= 0.3 is 0 Å². The van der Waals surface area contributed by atoms with Crippen LogP contribution in [0.15, 0.2) is 18.3 Å². The molecule has 3 rings (SSSR count). The van der Waals surface area contributed by atoms with Crippen molar-refractivity contribution in [2.24, 2.45) is 0 Å². The standard InChI is InChI=1S/C15H21N3OS/c1-19-10-5-9-18-14-12(6-4-8-16-14)17-15(18)13-7-2-3-11-20-13/h4,6,8,13H,2-3,5,7,9-11H2,1H3. The van der Waals surface area contributed by atoms with E-state index in [1.54, 1.807) is 7.11 Å². The van der Waals surface area contributed by atoms with E-state index in [-0.39, 0.29) is 0 Å². The third-order valence-electron chi connectivity index (χ3n) is 3.73. The summed E-state index contributed by atoms with van der Waals surface area (Å²) in [4.78, 5) is 9.38. The van der Waals surface area contributed by atoms with E-state index in [0.717, 1.165) is 30.7 Å². The van der Waals surface area contributed by atoms with Gasteiger partial charge in [-0.2, -0.15) is 11.8 Å². The van der Waals surface area contributed by atoms with Crippen LogP contribution < -0.4 is 0 Å². The first-order valence-electron chi connectivity index (χ1n) is 7.32. The molecule has 0 aliphatic carbocycles. The predicted molar refractivity (Wildman–Crippen MR) is 83.1 cm³/mol. The van der Waals surface area contributed by atoms with Crippen LogP contribution in [-0.2, 0) is 11.3 Å². The fourth-order valence-electron chi connectivity index (χ4n) is 2.75. The summed E-state index contributed by atoms with van der Waals surface area (Å²) in [7, 11) is 1.75.